The van der Waals surface area contributed by atoms with Gasteiger partial charge in [-0.1, -0.05) is 33.6 Å². The summed E-state index contributed by atoms with van der Waals surface area (Å²) >= 11 is 0. The maximum atomic E-state index is 11.7. The Labute approximate surface area is 109 Å². The van der Waals surface area contributed by atoms with Gasteiger partial charge in [0.15, 0.2) is 0 Å². The molecule has 0 atom stereocenters. The average Bonchev–Trinajstić information content (AvgIpc) is 2.28. The zero-order chi connectivity index (χ0) is 13.1. The second-order valence-corrected chi connectivity index (χ2v) is 6.18. The molecule has 0 bridgehead atoms. The number of nitrogens with one attached hydrogen (secondary N) is 1. The van der Waals surface area contributed by atoms with Crippen LogP contribution in [0.3, 0.4) is 0 Å². The third-order valence-corrected chi connectivity index (χ3v) is 3.83. The van der Waals surface area contributed by atoms with Gasteiger partial charge < -0.3 is 4.98 Å². The third kappa shape index (κ3) is 3.44. The summed E-state index contributed by atoms with van der Waals surface area (Å²) in [4.78, 5) is 19.3. The lowest BCUT2D eigenvalue weighted by atomic mass is 9.82. The van der Waals surface area contributed by atoms with E-state index in [0.29, 0.717) is 11.8 Å². The third-order valence-electron chi connectivity index (χ3n) is 3.83. The van der Waals surface area contributed by atoms with Crippen LogP contribution >= 0.6 is 0 Å². The van der Waals surface area contributed by atoms with Crippen LogP contribution in [0, 0.1) is 11.8 Å². The predicted molar refractivity (Wildman–Crippen MR) is 73.8 cm³/mol. The van der Waals surface area contributed by atoms with Gasteiger partial charge in [-0.05, 0) is 31.1 Å². The predicted octanol–water partition coefficient (Wildman–Crippen LogP) is 3.26. The van der Waals surface area contributed by atoms with E-state index in [4.69, 9.17) is 0 Å². The summed E-state index contributed by atoms with van der Waals surface area (Å²) in [5.41, 5.74) is 0.955. The van der Waals surface area contributed by atoms with Crippen LogP contribution < -0.4 is 5.56 Å². The second-order valence-electron chi connectivity index (χ2n) is 6.18. The Balaban J connectivity index is 2.17. The van der Waals surface area contributed by atoms with Gasteiger partial charge in [-0.3, -0.25) is 4.79 Å². The Kier molecular flexibility index (Phi) is 4.20. The zero-order valence-corrected chi connectivity index (χ0v) is 11.7. The monoisotopic (exact) mass is 248 g/mol. The first-order valence-electron chi connectivity index (χ1n) is 7.14. The molecule has 1 aromatic rings. The molecule has 1 fully saturated rings. The summed E-state index contributed by atoms with van der Waals surface area (Å²) < 4.78 is 0. The highest BCUT2D eigenvalue weighted by Gasteiger charge is 2.21. The van der Waals surface area contributed by atoms with Gasteiger partial charge in [0, 0.05) is 17.7 Å². The standard InChI is InChI=1S/C15H24N2O/c1-10(2)8-13-9-14(18)17-15(16-13)12-6-4-11(3)5-7-12/h9-12H,4-8H2,1-3H3,(H,16,17,18). The summed E-state index contributed by atoms with van der Waals surface area (Å²) in [6.45, 7) is 6.62. The minimum absolute atomic E-state index is 0.00859. The summed E-state index contributed by atoms with van der Waals surface area (Å²) in [5.74, 6) is 2.75. The van der Waals surface area contributed by atoms with Crippen molar-refractivity contribution in [1.82, 2.24) is 9.97 Å². The van der Waals surface area contributed by atoms with E-state index in [9.17, 15) is 4.79 Å². The molecular weight excluding hydrogens is 224 g/mol. The molecule has 1 saturated carbocycles. The highest BCUT2D eigenvalue weighted by molar-refractivity contribution is 5.07. The first kappa shape index (κ1) is 13.3. The van der Waals surface area contributed by atoms with Crippen LogP contribution in [0.1, 0.15) is 63.9 Å². The Morgan fingerprint density at radius 2 is 2.00 bits per heavy atom. The van der Waals surface area contributed by atoms with Gasteiger partial charge >= 0.3 is 0 Å². The summed E-state index contributed by atoms with van der Waals surface area (Å²) in [5, 5.41) is 0. The van der Waals surface area contributed by atoms with E-state index in [-0.39, 0.29) is 5.56 Å². The number of aromatic amines is 1. The van der Waals surface area contributed by atoms with Crippen LogP contribution in [0.15, 0.2) is 10.9 Å². The molecule has 18 heavy (non-hydrogen) atoms. The zero-order valence-electron chi connectivity index (χ0n) is 11.7. The fraction of sp³-hybridized carbons (Fsp3) is 0.733. The lowest BCUT2D eigenvalue weighted by molar-refractivity contribution is 0.338. The fourth-order valence-electron chi connectivity index (χ4n) is 2.78. The maximum Gasteiger partial charge on any atom is 0.251 e. The quantitative estimate of drug-likeness (QED) is 0.892. The number of aromatic nitrogens is 2. The minimum Gasteiger partial charge on any atom is -0.310 e. The lowest BCUT2D eigenvalue weighted by Gasteiger charge is -2.25. The van der Waals surface area contributed by atoms with Gasteiger partial charge in [-0.15, -0.1) is 0 Å². The van der Waals surface area contributed by atoms with Crippen molar-refractivity contribution in [3.8, 4) is 0 Å². The van der Waals surface area contributed by atoms with E-state index in [1.165, 1.54) is 12.8 Å². The van der Waals surface area contributed by atoms with E-state index < -0.39 is 0 Å². The SMILES string of the molecule is CC(C)Cc1cc(=O)[nH]c(C2CCC(C)CC2)n1. The summed E-state index contributed by atoms with van der Waals surface area (Å²) in [6.07, 6.45) is 5.72. The van der Waals surface area contributed by atoms with Crippen LogP contribution in [-0.4, -0.2) is 9.97 Å². The van der Waals surface area contributed by atoms with E-state index in [0.717, 1.165) is 36.7 Å². The Bertz CT molecular complexity index is 442. The minimum atomic E-state index is 0.00859. The molecular formula is C15H24N2O. The first-order chi connectivity index (χ1) is 8.54. The lowest BCUT2D eigenvalue weighted by Crippen LogP contribution is -2.19. The number of hydrogen-bond donors (Lipinski definition) is 1. The van der Waals surface area contributed by atoms with Crippen molar-refractivity contribution in [2.24, 2.45) is 11.8 Å². The molecule has 0 aromatic carbocycles. The maximum absolute atomic E-state index is 11.7. The molecule has 1 N–H and O–H groups in total. The van der Waals surface area contributed by atoms with E-state index >= 15 is 0 Å². The highest BCUT2D eigenvalue weighted by Crippen LogP contribution is 2.33. The van der Waals surface area contributed by atoms with Crippen LogP contribution in [0.4, 0.5) is 0 Å². The topological polar surface area (TPSA) is 45.8 Å². The Morgan fingerprint density at radius 3 is 2.61 bits per heavy atom. The number of rotatable bonds is 3. The van der Waals surface area contributed by atoms with Crippen LogP contribution in [0.2, 0.25) is 0 Å². The molecule has 0 saturated heterocycles. The molecule has 1 aliphatic rings. The highest BCUT2D eigenvalue weighted by atomic mass is 16.1. The van der Waals surface area contributed by atoms with Gasteiger partial charge in [0.25, 0.3) is 5.56 Å². The van der Waals surface area contributed by atoms with Gasteiger partial charge in [0.05, 0.1) is 0 Å². The molecule has 0 spiro atoms. The van der Waals surface area contributed by atoms with Crippen molar-refractivity contribution in [2.45, 2.75) is 58.8 Å². The van der Waals surface area contributed by atoms with E-state index in [1.54, 1.807) is 6.07 Å². The normalized spacial score (nSPS) is 24.4. The molecule has 3 nitrogen and oxygen atoms in total. The van der Waals surface area contributed by atoms with Crippen molar-refractivity contribution >= 4 is 0 Å². The van der Waals surface area contributed by atoms with Gasteiger partial charge in [-0.2, -0.15) is 0 Å². The number of H-pyrrole nitrogens is 1. The van der Waals surface area contributed by atoms with Crippen LogP contribution in [0.5, 0.6) is 0 Å². The molecule has 100 valence electrons. The van der Waals surface area contributed by atoms with Gasteiger partial charge in [0.2, 0.25) is 0 Å². The summed E-state index contributed by atoms with van der Waals surface area (Å²) in [7, 11) is 0. The molecule has 3 heteroatoms. The van der Waals surface area contributed by atoms with Gasteiger partial charge in [0.1, 0.15) is 5.82 Å². The van der Waals surface area contributed by atoms with Crippen molar-refractivity contribution < 1.29 is 0 Å². The molecule has 0 unspecified atom stereocenters. The van der Waals surface area contributed by atoms with Crippen LogP contribution in [-0.2, 0) is 6.42 Å². The van der Waals surface area contributed by atoms with Crippen molar-refractivity contribution in [2.75, 3.05) is 0 Å². The molecule has 0 radical (unpaired) electrons. The number of nitrogens with zero attached hydrogens (tertiary/aromatic N) is 1. The smallest absolute Gasteiger partial charge is 0.251 e. The molecule has 0 aliphatic heterocycles. The molecule has 1 aromatic heterocycles. The van der Waals surface area contributed by atoms with Crippen LogP contribution in [0.25, 0.3) is 0 Å². The fourth-order valence-corrected chi connectivity index (χ4v) is 2.78. The second kappa shape index (κ2) is 5.68. The molecule has 1 heterocycles. The van der Waals surface area contributed by atoms with Crippen molar-refractivity contribution in [1.29, 1.82) is 0 Å². The van der Waals surface area contributed by atoms with E-state index in [2.05, 4.69) is 30.7 Å². The first-order valence-corrected chi connectivity index (χ1v) is 7.14. The van der Waals surface area contributed by atoms with Crippen molar-refractivity contribution in [3.05, 3.63) is 27.9 Å². The van der Waals surface area contributed by atoms with Crippen molar-refractivity contribution in [3.63, 3.8) is 0 Å². The molecule has 1 aliphatic carbocycles. The number of hydrogen-bond acceptors (Lipinski definition) is 2. The Hall–Kier alpha value is -1.12. The Morgan fingerprint density at radius 1 is 1.33 bits per heavy atom. The molecule has 0 amide bonds. The van der Waals surface area contributed by atoms with E-state index in [1.807, 2.05) is 0 Å². The largest absolute Gasteiger partial charge is 0.310 e. The molecule has 2 rings (SSSR count). The summed E-state index contributed by atoms with van der Waals surface area (Å²) in [6, 6.07) is 1.65. The van der Waals surface area contributed by atoms with Gasteiger partial charge in [-0.25, -0.2) is 4.98 Å². The average molecular weight is 248 g/mol.